The highest BCUT2D eigenvalue weighted by Crippen LogP contribution is 2.25. The first-order valence-corrected chi connectivity index (χ1v) is 9.18. The first-order chi connectivity index (χ1) is 9.84. The summed E-state index contributed by atoms with van der Waals surface area (Å²) in [6.45, 7) is 8.47. The van der Waals surface area contributed by atoms with Crippen LogP contribution in [0, 0.1) is 0 Å². The minimum Gasteiger partial charge on any atom is -0.399 e. The summed E-state index contributed by atoms with van der Waals surface area (Å²) in [6.07, 6.45) is 3.67. The monoisotopic (exact) mass is 312 g/mol. The predicted octanol–water partition coefficient (Wildman–Crippen LogP) is 3.42. The number of nitrogen functional groups attached to an aromatic ring is 1. The minimum absolute atomic E-state index is 0.0574. The standard InChI is InChI=1S/C16H28N2O2S/c1-5-7-8-11-18(13(3)4)21(19,20)16-12-15(17)10-9-14(16)6-2/h9-10,12-13H,5-8,11,17H2,1-4H3. The number of anilines is 1. The molecule has 1 aromatic carbocycles. The van der Waals surface area contributed by atoms with Gasteiger partial charge in [-0.2, -0.15) is 4.31 Å². The zero-order chi connectivity index (χ0) is 16.0. The molecule has 0 bridgehead atoms. The van der Waals surface area contributed by atoms with Crippen LogP contribution in [0.5, 0.6) is 0 Å². The lowest BCUT2D eigenvalue weighted by molar-refractivity contribution is 0.345. The van der Waals surface area contributed by atoms with E-state index in [1.807, 2.05) is 26.8 Å². The molecule has 0 radical (unpaired) electrons. The zero-order valence-corrected chi connectivity index (χ0v) is 14.4. The van der Waals surface area contributed by atoms with Crippen LogP contribution < -0.4 is 5.73 Å². The fourth-order valence-corrected chi connectivity index (χ4v) is 4.41. The SMILES string of the molecule is CCCCCN(C(C)C)S(=O)(=O)c1cc(N)ccc1CC. The molecule has 21 heavy (non-hydrogen) atoms. The minimum atomic E-state index is -3.49. The second kappa shape index (κ2) is 7.80. The highest BCUT2D eigenvalue weighted by atomic mass is 32.2. The van der Waals surface area contributed by atoms with Gasteiger partial charge in [-0.3, -0.25) is 0 Å². The summed E-state index contributed by atoms with van der Waals surface area (Å²) < 4.78 is 27.5. The number of sulfonamides is 1. The van der Waals surface area contributed by atoms with Crippen molar-refractivity contribution >= 4 is 15.7 Å². The molecule has 0 aliphatic carbocycles. The maximum atomic E-state index is 13.0. The fourth-order valence-electron chi connectivity index (χ4n) is 2.40. The molecule has 5 heteroatoms. The van der Waals surface area contributed by atoms with Crippen molar-refractivity contribution in [2.45, 2.75) is 64.3 Å². The lowest BCUT2D eigenvalue weighted by Crippen LogP contribution is -2.38. The molecule has 0 amide bonds. The van der Waals surface area contributed by atoms with Crippen LogP contribution in [0.3, 0.4) is 0 Å². The normalized spacial score (nSPS) is 12.3. The predicted molar refractivity (Wildman–Crippen MR) is 88.8 cm³/mol. The van der Waals surface area contributed by atoms with Gasteiger partial charge in [0.25, 0.3) is 0 Å². The van der Waals surface area contributed by atoms with E-state index in [9.17, 15) is 8.42 Å². The van der Waals surface area contributed by atoms with Crippen molar-refractivity contribution in [1.82, 2.24) is 4.31 Å². The molecule has 1 aromatic rings. The van der Waals surface area contributed by atoms with E-state index in [1.54, 1.807) is 16.4 Å². The number of hydrogen-bond donors (Lipinski definition) is 1. The van der Waals surface area contributed by atoms with Crippen LogP contribution in [0.1, 0.15) is 52.5 Å². The summed E-state index contributed by atoms with van der Waals surface area (Å²) >= 11 is 0. The Bertz CT molecular complexity index is 553. The molecule has 1 rings (SSSR count). The molecular formula is C16H28N2O2S. The van der Waals surface area contributed by atoms with Crippen LogP contribution in [0.15, 0.2) is 23.1 Å². The van der Waals surface area contributed by atoms with Gasteiger partial charge in [0.2, 0.25) is 10.0 Å². The lowest BCUT2D eigenvalue weighted by atomic mass is 10.1. The number of benzene rings is 1. The van der Waals surface area contributed by atoms with Crippen molar-refractivity contribution in [2.75, 3.05) is 12.3 Å². The van der Waals surface area contributed by atoms with Gasteiger partial charge < -0.3 is 5.73 Å². The van der Waals surface area contributed by atoms with Crippen molar-refractivity contribution < 1.29 is 8.42 Å². The van der Waals surface area contributed by atoms with E-state index >= 15 is 0 Å². The van der Waals surface area contributed by atoms with Crippen LogP contribution in [-0.2, 0) is 16.4 Å². The molecule has 2 N–H and O–H groups in total. The quantitative estimate of drug-likeness (QED) is 0.591. The third-order valence-corrected chi connectivity index (χ3v) is 5.77. The Balaban J connectivity index is 3.19. The Labute approximate surface area is 129 Å². The average molecular weight is 312 g/mol. The third-order valence-electron chi connectivity index (χ3n) is 3.62. The summed E-state index contributed by atoms with van der Waals surface area (Å²) in [5.41, 5.74) is 7.11. The average Bonchev–Trinajstić information content (AvgIpc) is 2.42. The Morgan fingerprint density at radius 2 is 1.86 bits per heavy atom. The fraction of sp³-hybridized carbons (Fsp3) is 0.625. The topological polar surface area (TPSA) is 63.4 Å². The van der Waals surface area contributed by atoms with Crippen LogP contribution >= 0.6 is 0 Å². The van der Waals surface area contributed by atoms with Crippen LogP contribution in [-0.4, -0.2) is 25.3 Å². The molecule has 0 unspecified atom stereocenters. The highest BCUT2D eigenvalue weighted by Gasteiger charge is 2.28. The number of nitrogens with zero attached hydrogens (tertiary/aromatic N) is 1. The van der Waals surface area contributed by atoms with Gasteiger partial charge in [0.1, 0.15) is 0 Å². The molecule has 0 aliphatic rings. The number of rotatable bonds is 8. The summed E-state index contributed by atoms with van der Waals surface area (Å²) in [7, 11) is -3.49. The summed E-state index contributed by atoms with van der Waals surface area (Å²) in [6, 6.07) is 5.10. The van der Waals surface area contributed by atoms with E-state index in [0.29, 0.717) is 23.5 Å². The largest absolute Gasteiger partial charge is 0.399 e. The molecule has 0 saturated heterocycles. The third kappa shape index (κ3) is 4.45. The van der Waals surface area contributed by atoms with Crippen LogP contribution in [0.4, 0.5) is 5.69 Å². The Kier molecular flexibility index (Phi) is 6.68. The zero-order valence-electron chi connectivity index (χ0n) is 13.6. The highest BCUT2D eigenvalue weighted by molar-refractivity contribution is 7.89. The molecule has 0 atom stereocenters. The van der Waals surface area contributed by atoms with Gasteiger partial charge in [0.15, 0.2) is 0 Å². The maximum Gasteiger partial charge on any atom is 0.243 e. The lowest BCUT2D eigenvalue weighted by Gasteiger charge is -2.27. The second-order valence-electron chi connectivity index (χ2n) is 5.64. The first-order valence-electron chi connectivity index (χ1n) is 7.74. The van der Waals surface area contributed by atoms with Crippen molar-refractivity contribution in [3.63, 3.8) is 0 Å². The molecule has 0 spiro atoms. The maximum absolute atomic E-state index is 13.0. The molecule has 0 fully saturated rings. The van der Waals surface area contributed by atoms with Crippen LogP contribution in [0.2, 0.25) is 0 Å². The van der Waals surface area contributed by atoms with E-state index in [2.05, 4.69) is 6.92 Å². The van der Waals surface area contributed by atoms with Crippen molar-refractivity contribution in [3.05, 3.63) is 23.8 Å². The molecule has 0 saturated carbocycles. The first kappa shape index (κ1) is 18.0. The second-order valence-corrected chi connectivity index (χ2v) is 7.50. The number of unbranched alkanes of at least 4 members (excludes halogenated alkanes) is 2. The van der Waals surface area contributed by atoms with E-state index in [4.69, 9.17) is 5.73 Å². The van der Waals surface area contributed by atoms with Gasteiger partial charge in [0, 0.05) is 18.3 Å². The smallest absolute Gasteiger partial charge is 0.243 e. The van der Waals surface area contributed by atoms with E-state index in [-0.39, 0.29) is 6.04 Å². The van der Waals surface area contributed by atoms with Gasteiger partial charge in [0.05, 0.1) is 4.90 Å². The summed E-state index contributed by atoms with van der Waals surface area (Å²) in [4.78, 5) is 0.357. The van der Waals surface area contributed by atoms with E-state index in [1.165, 1.54) is 0 Å². The molecule has 0 aliphatic heterocycles. The molecule has 4 nitrogen and oxygen atoms in total. The van der Waals surface area contributed by atoms with Gasteiger partial charge in [-0.25, -0.2) is 8.42 Å². The molecule has 0 heterocycles. The Morgan fingerprint density at radius 3 is 2.38 bits per heavy atom. The molecular weight excluding hydrogens is 284 g/mol. The van der Waals surface area contributed by atoms with Gasteiger partial charge in [-0.1, -0.05) is 32.8 Å². The van der Waals surface area contributed by atoms with Crippen molar-refractivity contribution in [1.29, 1.82) is 0 Å². The van der Waals surface area contributed by atoms with Gasteiger partial charge >= 0.3 is 0 Å². The number of aryl methyl sites for hydroxylation is 1. The van der Waals surface area contributed by atoms with Crippen LogP contribution in [0.25, 0.3) is 0 Å². The number of hydrogen-bond acceptors (Lipinski definition) is 3. The molecule has 120 valence electrons. The van der Waals surface area contributed by atoms with Crippen molar-refractivity contribution in [2.24, 2.45) is 0 Å². The summed E-state index contributed by atoms with van der Waals surface area (Å²) in [5, 5.41) is 0. The van der Waals surface area contributed by atoms with Gasteiger partial charge in [-0.15, -0.1) is 0 Å². The van der Waals surface area contributed by atoms with E-state index in [0.717, 1.165) is 24.8 Å². The van der Waals surface area contributed by atoms with Crippen molar-refractivity contribution in [3.8, 4) is 0 Å². The van der Waals surface area contributed by atoms with Gasteiger partial charge in [-0.05, 0) is 44.4 Å². The summed E-state index contributed by atoms with van der Waals surface area (Å²) in [5.74, 6) is 0. The Morgan fingerprint density at radius 1 is 1.19 bits per heavy atom. The number of nitrogens with two attached hydrogens (primary N) is 1. The molecule has 0 aromatic heterocycles. The Hall–Kier alpha value is -1.07. The van der Waals surface area contributed by atoms with E-state index < -0.39 is 10.0 Å².